The summed E-state index contributed by atoms with van der Waals surface area (Å²) in [5.74, 6) is 2.16. The minimum Gasteiger partial charge on any atom is -0.339 e. The van der Waals surface area contributed by atoms with Crippen molar-refractivity contribution in [1.82, 2.24) is 24.6 Å². The van der Waals surface area contributed by atoms with Gasteiger partial charge in [-0.1, -0.05) is 65.3 Å². The van der Waals surface area contributed by atoms with Crippen molar-refractivity contribution in [1.29, 1.82) is 0 Å². The molecule has 0 radical (unpaired) electrons. The molecule has 38 heavy (non-hydrogen) atoms. The van der Waals surface area contributed by atoms with E-state index in [1.165, 1.54) is 0 Å². The van der Waals surface area contributed by atoms with Gasteiger partial charge in [-0.25, -0.2) is 0 Å². The number of carbonyl (C=O) groups is 2. The van der Waals surface area contributed by atoms with E-state index < -0.39 is 0 Å². The summed E-state index contributed by atoms with van der Waals surface area (Å²) in [6, 6.07) is 15.7. The Kier molecular flexibility index (Phi) is 8.61. The maximum Gasteiger partial charge on any atom is 0.226 e. The van der Waals surface area contributed by atoms with Crippen LogP contribution in [0.1, 0.15) is 44.0 Å². The molecule has 0 N–H and O–H groups in total. The molecule has 2 fully saturated rings. The Morgan fingerprint density at radius 2 is 1.82 bits per heavy atom. The third kappa shape index (κ3) is 6.35. The van der Waals surface area contributed by atoms with Gasteiger partial charge in [0, 0.05) is 50.2 Å². The second kappa shape index (κ2) is 12.1. The number of aromatic nitrogens is 3. The van der Waals surface area contributed by atoms with Gasteiger partial charge in [0.25, 0.3) is 0 Å². The monoisotopic (exact) mass is 571 g/mol. The highest BCUT2D eigenvalue weighted by atomic mass is 35.5. The van der Waals surface area contributed by atoms with Gasteiger partial charge >= 0.3 is 0 Å². The normalized spacial score (nSPS) is 17.6. The Bertz CT molecular complexity index is 1300. The molecule has 0 bridgehead atoms. The summed E-state index contributed by atoms with van der Waals surface area (Å²) in [4.78, 5) is 29.2. The van der Waals surface area contributed by atoms with Crippen molar-refractivity contribution in [2.75, 3.05) is 25.4 Å². The zero-order valence-electron chi connectivity index (χ0n) is 21.4. The summed E-state index contributed by atoms with van der Waals surface area (Å²) in [5.41, 5.74) is 1.98. The minimum absolute atomic E-state index is 0.0722. The second-order valence-electron chi connectivity index (χ2n) is 9.94. The number of benzene rings is 2. The molecule has 1 aromatic heterocycles. The van der Waals surface area contributed by atoms with Crippen LogP contribution in [0, 0.1) is 5.92 Å². The van der Waals surface area contributed by atoms with Crippen molar-refractivity contribution < 1.29 is 9.59 Å². The van der Waals surface area contributed by atoms with E-state index >= 15 is 0 Å². The lowest BCUT2D eigenvalue weighted by molar-refractivity contribution is -0.143. The first-order valence-corrected chi connectivity index (χ1v) is 14.8. The van der Waals surface area contributed by atoms with Crippen LogP contribution in [-0.4, -0.2) is 67.8 Å². The van der Waals surface area contributed by atoms with Gasteiger partial charge in [-0.05, 0) is 49.9 Å². The SMILES string of the molecule is CC1CN(C(=O)CCCSc2nnc(Cc3ccccc3)n2-c2ccc(Cl)c(Cl)c2)CCN1C(=O)C1CC1. The number of hydrogen-bond acceptors (Lipinski definition) is 5. The molecule has 1 unspecified atom stereocenters. The van der Waals surface area contributed by atoms with Crippen molar-refractivity contribution in [2.24, 2.45) is 5.92 Å². The van der Waals surface area contributed by atoms with E-state index in [4.69, 9.17) is 23.2 Å². The smallest absolute Gasteiger partial charge is 0.226 e. The zero-order chi connectivity index (χ0) is 26.6. The fraction of sp³-hybridized carbons (Fsp3) is 0.429. The fourth-order valence-corrected chi connectivity index (χ4v) is 5.99. The van der Waals surface area contributed by atoms with Crippen LogP contribution in [0.2, 0.25) is 10.0 Å². The maximum absolute atomic E-state index is 12.9. The second-order valence-corrected chi connectivity index (χ2v) is 11.8. The Balaban J connectivity index is 1.19. The number of hydrogen-bond donors (Lipinski definition) is 0. The number of piperazine rings is 1. The summed E-state index contributed by atoms with van der Waals surface area (Å²) >= 11 is 14.1. The van der Waals surface area contributed by atoms with Crippen LogP contribution in [-0.2, 0) is 16.0 Å². The van der Waals surface area contributed by atoms with Crippen LogP contribution >= 0.6 is 35.0 Å². The molecule has 1 aliphatic heterocycles. The van der Waals surface area contributed by atoms with Crippen LogP contribution < -0.4 is 0 Å². The molecule has 2 heterocycles. The van der Waals surface area contributed by atoms with E-state index in [1.54, 1.807) is 17.8 Å². The lowest BCUT2D eigenvalue weighted by Gasteiger charge is -2.40. The molecular weight excluding hydrogens is 541 g/mol. The summed E-state index contributed by atoms with van der Waals surface area (Å²) in [6.45, 7) is 3.90. The molecule has 0 spiro atoms. The summed E-state index contributed by atoms with van der Waals surface area (Å²) in [7, 11) is 0. The van der Waals surface area contributed by atoms with E-state index in [2.05, 4.69) is 22.3 Å². The van der Waals surface area contributed by atoms with E-state index in [0.29, 0.717) is 42.5 Å². The van der Waals surface area contributed by atoms with Gasteiger partial charge in [0.15, 0.2) is 5.16 Å². The number of halogens is 2. The summed E-state index contributed by atoms with van der Waals surface area (Å²) in [5, 5.41) is 10.7. The van der Waals surface area contributed by atoms with Crippen molar-refractivity contribution in [3.05, 3.63) is 70.0 Å². The van der Waals surface area contributed by atoms with Crippen molar-refractivity contribution in [3.8, 4) is 5.69 Å². The van der Waals surface area contributed by atoms with Gasteiger partial charge in [-0.15, -0.1) is 10.2 Å². The molecule has 1 aliphatic carbocycles. The van der Waals surface area contributed by atoms with E-state index in [1.807, 2.05) is 51.6 Å². The average molecular weight is 573 g/mol. The van der Waals surface area contributed by atoms with E-state index in [-0.39, 0.29) is 23.8 Å². The first-order chi connectivity index (χ1) is 18.4. The number of amides is 2. The minimum atomic E-state index is 0.0722. The molecule has 1 saturated heterocycles. The van der Waals surface area contributed by atoms with Crippen LogP contribution in [0.25, 0.3) is 5.69 Å². The highest BCUT2D eigenvalue weighted by molar-refractivity contribution is 7.99. The predicted molar refractivity (Wildman–Crippen MR) is 151 cm³/mol. The molecule has 10 heteroatoms. The molecule has 5 rings (SSSR count). The largest absolute Gasteiger partial charge is 0.339 e. The van der Waals surface area contributed by atoms with Crippen LogP contribution in [0.3, 0.4) is 0 Å². The van der Waals surface area contributed by atoms with Gasteiger partial charge in [0.2, 0.25) is 11.8 Å². The average Bonchev–Trinajstić information content (AvgIpc) is 3.70. The summed E-state index contributed by atoms with van der Waals surface area (Å²) < 4.78 is 2.01. The molecule has 2 aromatic carbocycles. The maximum atomic E-state index is 12.9. The van der Waals surface area contributed by atoms with Crippen LogP contribution in [0.5, 0.6) is 0 Å². The Hall–Kier alpha value is -2.55. The van der Waals surface area contributed by atoms with E-state index in [9.17, 15) is 9.59 Å². The predicted octanol–water partition coefficient (Wildman–Crippen LogP) is 5.51. The zero-order valence-corrected chi connectivity index (χ0v) is 23.7. The molecule has 3 aromatic rings. The van der Waals surface area contributed by atoms with Gasteiger partial charge in [0.05, 0.1) is 15.7 Å². The number of thioether (sulfide) groups is 1. The Labute approximate surface area is 237 Å². The topological polar surface area (TPSA) is 71.3 Å². The first-order valence-electron chi connectivity index (χ1n) is 13.1. The van der Waals surface area contributed by atoms with Crippen LogP contribution in [0.4, 0.5) is 0 Å². The third-order valence-corrected chi connectivity index (χ3v) is 8.78. The van der Waals surface area contributed by atoms with Gasteiger partial charge < -0.3 is 9.80 Å². The Morgan fingerprint density at radius 3 is 2.53 bits per heavy atom. The lowest BCUT2D eigenvalue weighted by atomic mass is 10.1. The molecule has 2 aliphatic rings. The number of rotatable bonds is 9. The number of carbonyl (C=O) groups excluding carboxylic acids is 2. The first kappa shape index (κ1) is 27.0. The van der Waals surface area contributed by atoms with Crippen LogP contribution in [0.15, 0.2) is 53.7 Å². The van der Waals surface area contributed by atoms with Gasteiger partial charge in [-0.3, -0.25) is 14.2 Å². The highest BCUT2D eigenvalue weighted by Gasteiger charge is 2.37. The Morgan fingerprint density at radius 1 is 1.03 bits per heavy atom. The summed E-state index contributed by atoms with van der Waals surface area (Å²) in [6.07, 6.45) is 3.83. The highest BCUT2D eigenvalue weighted by Crippen LogP contribution is 2.32. The lowest BCUT2D eigenvalue weighted by Crippen LogP contribution is -2.55. The van der Waals surface area contributed by atoms with Crippen molar-refractivity contribution in [3.63, 3.8) is 0 Å². The fourth-order valence-electron chi connectivity index (χ4n) is 4.79. The van der Waals surface area contributed by atoms with Gasteiger partial charge in [0.1, 0.15) is 5.82 Å². The molecular formula is C28H31Cl2N5O2S. The molecule has 2 amide bonds. The van der Waals surface area contributed by atoms with Crippen molar-refractivity contribution in [2.45, 2.75) is 50.2 Å². The molecule has 1 atom stereocenters. The third-order valence-electron chi connectivity index (χ3n) is 7.02. The van der Waals surface area contributed by atoms with E-state index in [0.717, 1.165) is 47.2 Å². The van der Waals surface area contributed by atoms with Gasteiger partial charge in [-0.2, -0.15) is 0 Å². The number of nitrogens with zero attached hydrogens (tertiary/aromatic N) is 5. The molecule has 200 valence electrons. The quantitative estimate of drug-likeness (QED) is 0.250. The molecule has 7 nitrogen and oxygen atoms in total. The standard InChI is InChI=1S/C28H31Cl2N5O2S/c1-19-18-33(13-14-34(19)27(37)21-9-10-21)26(36)8-5-15-38-28-32-31-25(16-20-6-3-2-4-7-20)35(28)22-11-12-23(29)24(30)17-22/h2-4,6-7,11-12,17,19,21H,5,8-10,13-16,18H2,1H3. The van der Waals surface area contributed by atoms with Crippen molar-refractivity contribution >= 4 is 46.8 Å². The molecule has 1 saturated carbocycles.